The van der Waals surface area contributed by atoms with Crippen molar-refractivity contribution in [1.82, 2.24) is 0 Å². The van der Waals surface area contributed by atoms with Gasteiger partial charge in [0.1, 0.15) is 12.2 Å². The molecule has 152 valence electrons. The molecule has 0 saturated carbocycles. The largest absolute Gasteiger partial charge is 0.455 e. The number of ether oxygens (including phenoxy) is 6. The molecule has 0 radical (unpaired) electrons. The van der Waals surface area contributed by atoms with Gasteiger partial charge in [0.05, 0.1) is 6.61 Å². The normalized spacial score (nSPS) is 32.0. The van der Waals surface area contributed by atoms with Crippen molar-refractivity contribution in [3.8, 4) is 0 Å². The summed E-state index contributed by atoms with van der Waals surface area (Å²) in [7, 11) is 0. The van der Waals surface area contributed by atoms with E-state index in [9.17, 15) is 14.4 Å². The first-order valence-corrected chi connectivity index (χ1v) is 8.84. The van der Waals surface area contributed by atoms with E-state index in [1.807, 2.05) is 30.3 Å². The van der Waals surface area contributed by atoms with Crippen molar-refractivity contribution < 1.29 is 42.8 Å². The summed E-state index contributed by atoms with van der Waals surface area (Å²) in [6.07, 6.45) is -5.68. The molecule has 0 amide bonds. The maximum Gasteiger partial charge on any atom is 0.305 e. The van der Waals surface area contributed by atoms with Crippen LogP contribution in [0.15, 0.2) is 30.3 Å². The fourth-order valence-electron chi connectivity index (χ4n) is 3.23. The zero-order valence-corrected chi connectivity index (χ0v) is 15.7. The van der Waals surface area contributed by atoms with Crippen LogP contribution in [0.2, 0.25) is 0 Å². The highest BCUT2D eigenvalue weighted by molar-refractivity contribution is 5.68. The van der Waals surface area contributed by atoms with E-state index >= 15 is 0 Å². The highest BCUT2D eigenvalue weighted by Gasteiger charge is 2.54. The van der Waals surface area contributed by atoms with Gasteiger partial charge in [0.2, 0.25) is 12.4 Å². The maximum absolute atomic E-state index is 11.7. The third-order valence-corrected chi connectivity index (χ3v) is 4.24. The van der Waals surface area contributed by atoms with Gasteiger partial charge < -0.3 is 28.4 Å². The van der Waals surface area contributed by atoms with Gasteiger partial charge in [0.25, 0.3) is 0 Å². The van der Waals surface area contributed by atoms with Crippen LogP contribution in [0.5, 0.6) is 0 Å². The molecule has 2 aliphatic rings. The molecule has 9 heteroatoms. The van der Waals surface area contributed by atoms with Gasteiger partial charge in [-0.2, -0.15) is 0 Å². The summed E-state index contributed by atoms with van der Waals surface area (Å²) >= 11 is 0. The fraction of sp³-hybridized carbons (Fsp3) is 0.526. The zero-order valence-electron chi connectivity index (χ0n) is 15.7. The molecular formula is C19H22O9. The lowest BCUT2D eigenvalue weighted by Gasteiger charge is -2.47. The Labute approximate surface area is 161 Å². The monoisotopic (exact) mass is 394 g/mol. The van der Waals surface area contributed by atoms with Crippen LogP contribution in [-0.2, 0) is 42.8 Å². The first kappa shape index (κ1) is 20.2. The third kappa shape index (κ3) is 4.67. The van der Waals surface area contributed by atoms with E-state index in [0.717, 1.165) is 5.56 Å². The van der Waals surface area contributed by atoms with Crippen LogP contribution in [0, 0.1) is 0 Å². The molecule has 2 heterocycles. The average Bonchev–Trinajstić information content (AvgIpc) is 2.64. The molecule has 0 bridgehead atoms. The summed E-state index contributed by atoms with van der Waals surface area (Å²) in [6.45, 7) is 3.72. The summed E-state index contributed by atoms with van der Waals surface area (Å²) in [5, 5.41) is 0. The molecule has 2 aliphatic heterocycles. The number of hydrogen-bond donors (Lipinski definition) is 0. The van der Waals surface area contributed by atoms with Crippen molar-refractivity contribution in [3.05, 3.63) is 35.9 Å². The molecule has 28 heavy (non-hydrogen) atoms. The number of esters is 3. The first-order chi connectivity index (χ1) is 13.3. The quantitative estimate of drug-likeness (QED) is 0.551. The average molecular weight is 394 g/mol. The lowest BCUT2D eigenvalue weighted by molar-refractivity contribution is -0.356. The Morgan fingerprint density at radius 2 is 1.46 bits per heavy atom. The van der Waals surface area contributed by atoms with Crippen LogP contribution in [0.25, 0.3) is 0 Å². The highest BCUT2D eigenvalue weighted by atomic mass is 16.8. The summed E-state index contributed by atoms with van der Waals surface area (Å²) < 4.78 is 33.3. The van der Waals surface area contributed by atoms with Crippen LogP contribution < -0.4 is 0 Å². The third-order valence-electron chi connectivity index (χ3n) is 4.24. The van der Waals surface area contributed by atoms with Crippen molar-refractivity contribution in [2.45, 2.75) is 57.8 Å². The van der Waals surface area contributed by atoms with E-state index in [-0.39, 0.29) is 6.61 Å². The minimum atomic E-state index is -1.26. The second kappa shape index (κ2) is 8.68. The van der Waals surface area contributed by atoms with Crippen LogP contribution >= 0.6 is 0 Å². The first-order valence-electron chi connectivity index (χ1n) is 8.84. The molecular weight excluding hydrogens is 372 g/mol. The topological polar surface area (TPSA) is 107 Å². The van der Waals surface area contributed by atoms with Gasteiger partial charge in [-0.25, -0.2) is 0 Å². The van der Waals surface area contributed by atoms with E-state index in [1.165, 1.54) is 20.8 Å². The molecule has 9 nitrogen and oxygen atoms in total. The van der Waals surface area contributed by atoms with Crippen molar-refractivity contribution >= 4 is 17.9 Å². The number of carbonyl (C=O) groups is 3. The molecule has 1 aromatic rings. The van der Waals surface area contributed by atoms with E-state index in [1.54, 1.807) is 0 Å². The predicted molar refractivity (Wildman–Crippen MR) is 91.5 cm³/mol. The minimum Gasteiger partial charge on any atom is -0.455 e. The molecule has 1 unspecified atom stereocenters. The Hall–Kier alpha value is -2.49. The second-order valence-electron chi connectivity index (χ2n) is 6.48. The lowest BCUT2D eigenvalue weighted by Crippen LogP contribution is -2.64. The van der Waals surface area contributed by atoms with Crippen molar-refractivity contribution in [1.29, 1.82) is 0 Å². The Morgan fingerprint density at radius 1 is 0.857 bits per heavy atom. The van der Waals surface area contributed by atoms with Crippen LogP contribution in [0.4, 0.5) is 0 Å². The van der Waals surface area contributed by atoms with Gasteiger partial charge in [0, 0.05) is 26.3 Å². The highest BCUT2D eigenvalue weighted by Crippen LogP contribution is 2.36. The number of hydrogen-bond acceptors (Lipinski definition) is 9. The Morgan fingerprint density at radius 3 is 2.07 bits per heavy atom. The number of carbonyl (C=O) groups excluding carboxylic acids is 3. The Bertz CT molecular complexity index is 719. The molecule has 2 fully saturated rings. The van der Waals surface area contributed by atoms with Crippen molar-refractivity contribution in [2.24, 2.45) is 0 Å². The van der Waals surface area contributed by atoms with E-state index in [2.05, 4.69) is 0 Å². The smallest absolute Gasteiger partial charge is 0.305 e. The molecule has 3 rings (SSSR count). The van der Waals surface area contributed by atoms with E-state index in [0.29, 0.717) is 0 Å². The summed E-state index contributed by atoms with van der Waals surface area (Å²) in [5.74, 6) is -1.88. The maximum atomic E-state index is 11.7. The molecule has 0 aromatic heterocycles. The van der Waals surface area contributed by atoms with Gasteiger partial charge in [-0.1, -0.05) is 30.3 Å². The van der Waals surface area contributed by atoms with E-state index < -0.39 is 54.9 Å². The summed E-state index contributed by atoms with van der Waals surface area (Å²) in [5.41, 5.74) is 0.772. The molecule has 0 aliphatic carbocycles. The SMILES string of the molecule is CC(=O)O[C@H]1O[C@@H]2COC(c3ccccc3)O[C@@H]2[C@H](OC(C)=O)[C@H]1OC(C)=O. The fourth-order valence-corrected chi connectivity index (χ4v) is 3.23. The molecule has 1 aromatic carbocycles. The molecule has 0 N–H and O–H groups in total. The Kier molecular flexibility index (Phi) is 6.28. The van der Waals surface area contributed by atoms with Gasteiger partial charge in [0.15, 0.2) is 12.4 Å². The van der Waals surface area contributed by atoms with Gasteiger partial charge >= 0.3 is 17.9 Å². The summed E-state index contributed by atoms with van der Waals surface area (Å²) in [4.78, 5) is 34.8. The number of rotatable bonds is 4. The van der Waals surface area contributed by atoms with Crippen LogP contribution in [-0.4, -0.2) is 55.2 Å². The molecule has 0 spiro atoms. The number of benzene rings is 1. The summed E-state index contributed by atoms with van der Waals surface area (Å²) in [6, 6.07) is 9.21. The molecule has 2 saturated heterocycles. The van der Waals surface area contributed by atoms with Crippen LogP contribution in [0.3, 0.4) is 0 Å². The molecule has 6 atom stereocenters. The predicted octanol–water partition coefficient (Wildman–Crippen LogP) is 1.25. The minimum absolute atomic E-state index is 0.104. The van der Waals surface area contributed by atoms with E-state index in [4.69, 9.17) is 28.4 Å². The lowest BCUT2D eigenvalue weighted by atomic mass is 9.97. The van der Waals surface area contributed by atoms with Crippen molar-refractivity contribution in [2.75, 3.05) is 6.61 Å². The van der Waals surface area contributed by atoms with Gasteiger partial charge in [-0.15, -0.1) is 0 Å². The van der Waals surface area contributed by atoms with Gasteiger partial charge in [-0.3, -0.25) is 14.4 Å². The Balaban J connectivity index is 1.88. The van der Waals surface area contributed by atoms with Crippen molar-refractivity contribution in [3.63, 3.8) is 0 Å². The van der Waals surface area contributed by atoms with Gasteiger partial charge in [-0.05, 0) is 0 Å². The van der Waals surface area contributed by atoms with Crippen LogP contribution in [0.1, 0.15) is 32.6 Å². The standard InChI is InChI=1S/C19H22O9/c1-10(20)24-16-15-14(9-23-18(28-15)13-7-5-4-6-8-13)27-19(26-12(3)22)17(16)25-11(2)21/h4-8,14-19H,9H2,1-3H3/t14-,15+,16+,17-,18?,19+/m1/s1. The second-order valence-corrected chi connectivity index (χ2v) is 6.48. The number of fused-ring (bicyclic) bond motifs is 1. The zero-order chi connectivity index (χ0) is 20.3.